The minimum atomic E-state index is 0. The van der Waals surface area contributed by atoms with Crippen molar-refractivity contribution in [2.45, 2.75) is 39.2 Å². The zero-order valence-electron chi connectivity index (χ0n) is 12.6. The van der Waals surface area contributed by atoms with Crippen molar-refractivity contribution in [3.8, 4) is 0 Å². The predicted octanol–water partition coefficient (Wildman–Crippen LogP) is 3.00. The molecular weight excluding hydrogens is 272 g/mol. The largest absolute Gasteiger partial charge is 0.335 e. The van der Waals surface area contributed by atoms with Crippen LogP contribution in [-0.2, 0) is 4.79 Å². The van der Waals surface area contributed by atoms with Gasteiger partial charge in [-0.25, -0.2) is 0 Å². The van der Waals surface area contributed by atoms with E-state index in [1.54, 1.807) is 0 Å². The number of nitrogens with one attached hydrogen (secondary N) is 1. The topological polar surface area (TPSA) is 32.3 Å². The zero-order valence-corrected chi connectivity index (χ0v) is 13.4. The molecule has 1 aliphatic heterocycles. The molecule has 0 aliphatic carbocycles. The zero-order chi connectivity index (χ0) is 13.8. The maximum Gasteiger partial charge on any atom is 0.237 e. The highest BCUT2D eigenvalue weighted by Gasteiger charge is 2.28. The van der Waals surface area contributed by atoms with Crippen molar-refractivity contribution in [2.24, 2.45) is 0 Å². The quantitative estimate of drug-likeness (QED) is 0.930. The van der Waals surface area contributed by atoms with Gasteiger partial charge in [0.2, 0.25) is 5.91 Å². The molecule has 1 saturated heterocycles. The van der Waals surface area contributed by atoms with Gasteiger partial charge in [0.25, 0.3) is 0 Å². The van der Waals surface area contributed by atoms with Crippen LogP contribution in [0, 0.1) is 13.8 Å². The van der Waals surface area contributed by atoms with Crippen LogP contribution in [0.5, 0.6) is 0 Å². The second-order valence-electron chi connectivity index (χ2n) is 5.42. The molecule has 0 aromatic heterocycles. The predicted molar refractivity (Wildman–Crippen MR) is 85.4 cm³/mol. The molecule has 20 heavy (non-hydrogen) atoms. The number of piperidine rings is 1. The van der Waals surface area contributed by atoms with E-state index < -0.39 is 0 Å². The van der Waals surface area contributed by atoms with Gasteiger partial charge in [-0.05, 0) is 56.8 Å². The molecule has 1 aliphatic rings. The molecule has 1 N–H and O–H groups in total. The van der Waals surface area contributed by atoms with Crippen LogP contribution in [-0.4, -0.2) is 30.9 Å². The number of hydrogen-bond acceptors (Lipinski definition) is 2. The highest BCUT2D eigenvalue weighted by atomic mass is 35.5. The molecule has 0 bridgehead atoms. The molecule has 1 fully saturated rings. The molecule has 1 unspecified atom stereocenters. The summed E-state index contributed by atoms with van der Waals surface area (Å²) in [5, 5.41) is 2.97. The minimum absolute atomic E-state index is 0. The van der Waals surface area contributed by atoms with E-state index in [9.17, 15) is 4.79 Å². The molecule has 2 rings (SSSR count). The number of carbonyl (C=O) groups is 1. The van der Waals surface area contributed by atoms with Crippen LogP contribution in [0.1, 0.15) is 42.0 Å². The molecule has 1 aromatic rings. The molecule has 0 radical (unpaired) electrons. The first-order valence-corrected chi connectivity index (χ1v) is 7.15. The maximum atomic E-state index is 12.2. The smallest absolute Gasteiger partial charge is 0.237 e. The average Bonchev–Trinajstić information content (AvgIpc) is 2.42. The SMILES string of the molecule is CNCC(=O)N1CCCCC1c1cccc(C)c1C.Cl. The third-order valence-electron chi connectivity index (χ3n) is 4.16. The lowest BCUT2D eigenvalue weighted by Gasteiger charge is -2.37. The number of rotatable bonds is 3. The first-order valence-electron chi connectivity index (χ1n) is 7.15. The molecule has 0 saturated carbocycles. The summed E-state index contributed by atoms with van der Waals surface area (Å²) < 4.78 is 0. The van der Waals surface area contributed by atoms with Crippen molar-refractivity contribution in [3.05, 3.63) is 34.9 Å². The number of halogens is 1. The van der Waals surface area contributed by atoms with Gasteiger partial charge in [0.1, 0.15) is 0 Å². The number of benzene rings is 1. The van der Waals surface area contributed by atoms with Gasteiger partial charge in [-0.2, -0.15) is 0 Å². The van der Waals surface area contributed by atoms with E-state index in [0.29, 0.717) is 6.54 Å². The van der Waals surface area contributed by atoms with E-state index in [0.717, 1.165) is 19.4 Å². The summed E-state index contributed by atoms with van der Waals surface area (Å²) in [6.45, 7) is 5.63. The van der Waals surface area contributed by atoms with Crippen LogP contribution in [0.2, 0.25) is 0 Å². The Kier molecular flexibility index (Phi) is 6.50. The number of likely N-dealkylation sites (tertiary alicyclic amines) is 1. The Balaban J connectivity index is 0.00000200. The molecular formula is C16H25ClN2O. The van der Waals surface area contributed by atoms with Gasteiger partial charge < -0.3 is 10.2 Å². The number of likely N-dealkylation sites (N-methyl/N-ethyl adjacent to an activating group) is 1. The summed E-state index contributed by atoms with van der Waals surface area (Å²) >= 11 is 0. The third kappa shape index (κ3) is 3.53. The van der Waals surface area contributed by atoms with Crippen LogP contribution in [0.3, 0.4) is 0 Å². The van der Waals surface area contributed by atoms with E-state index in [-0.39, 0.29) is 24.4 Å². The van der Waals surface area contributed by atoms with E-state index in [2.05, 4.69) is 42.3 Å². The molecule has 0 spiro atoms. The fourth-order valence-corrected chi connectivity index (χ4v) is 2.94. The minimum Gasteiger partial charge on any atom is -0.335 e. The fraction of sp³-hybridized carbons (Fsp3) is 0.562. The van der Waals surface area contributed by atoms with Crippen molar-refractivity contribution >= 4 is 18.3 Å². The van der Waals surface area contributed by atoms with E-state index in [1.165, 1.54) is 23.1 Å². The second kappa shape index (κ2) is 7.65. The van der Waals surface area contributed by atoms with Crippen molar-refractivity contribution in [2.75, 3.05) is 20.1 Å². The average molecular weight is 297 g/mol. The number of carbonyl (C=O) groups excluding carboxylic acids is 1. The second-order valence-corrected chi connectivity index (χ2v) is 5.42. The van der Waals surface area contributed by atoms with Gasteiger partial charge in [-0.15, -0.1) is 12.4 Å². The first kappa shape index (κ1) is 17.0. The summed E-state index contributed by atoms with van der Waals surface area (Å²) in [5.41, 5.74) is 3.96. The van der Waals surface area contributed by atoms with Gasteiger partial charge in [-0.1, -0.05) is 18.2 Å². The Morgan fingerprint density at radius 2 is 2.10 bits per heavy atom. The van der Waals surface area contributed by atoms with Gasteiger partial charge in [0.05, 0.1) is 12.6 Å². The summed E-state index contributed by atoms with van der Waals surface area (Å²) in [6.07, 6.45) is 3.41. The molecule has 3 nitrogen and oxygen atoms in total. The Labute approximate surface area is 128 Å². The van der Waals surface area contributed by atoms with Gasteiger partial charge >= 0.3 is 0 Å². The summed E-state index contributed by atoms with van der Waals surface area (Å²) in [6, 6.07) is 6.68. The lowest BCUT2D eigenvalue weighted by molar-refractivity contribution is -0.134. The highest BCUT2D eigenvalue weighted by Crippen LogP contribution is 2.33. The monoisotopic (exact) mass is 296 g/mol. The molecule has 1 aromatic carbocycles. The Bertz CT molecular complexity index is 462. The number of nitrogens with zero attached hydrogens (tertiary/aromatic N) is 1. The van der Waals surface area contributed by atoms with Crippen molar-refractivity contribution in [3.63, 3.8) is 0 Å². The lowest BCUT2D eigenvalue weighted by Crippen LogP contribution is -2.42. The van der Waals surface area contributed by atoms with Gasteiger partial charge in [0, 0.05) is 6.54 Å². The summed E-state index contributed by atoms with van der Waals surface area (Å²) in [4.78, 5) is 14.3. The van der Waals surface area contributed by atoms with E-state index >= 15 is 0 Å². The van der Waals surface area contributed by atoms with Crippen LogP contribution in [0.4, 0.5) is 0 Å². The van der Waals surface area contributed by atoms with Gasteiger partial charge in [0.15, 0.2) is 0 Å². The number of amides is 1. The molecule has 112 valence electrons. The van der Waals surface area contributed by atoms with Crippen molar-refractivity contribution < 1.29 is 4.79 Å². The molecule has 4 heteroatoms. The molecule has 1 heterocycles. The lowest BCUT2D eigenvalue weighted by atomic mass is 9.90. The first-order chi connectivity index (χ1) is 9.15. The molecule has 1 atom stereocenters. The van der Waals surface area contributed by atoms with Crippen LogP contribution >= 0.6 is 12.4 Å². The standard InChI is InChI=1S/C16H24N2O.ClH/c1-12-7-6-8-14(13(12)2)15-9-4-5-10-18(15)16(19)11-17-3;/h6-8,15,17H,4-5,9-11H2,1-3H3;1H. The molecule has 1 amide bonds. The number of aryl methyl sites for hydroxylation is 1. The summed E-state index contributed by atoms with van der Waals surface area (Å²) in [7, 11) is 1.83. The van der Waals surface area contributed by atoms with E-state index in [4.69, 9.17) is 0 Å². The summed E-state index contributed by atoms with van der Waals surface area (Å²) in [5.74, 6) is 0.216. The third-order valence-corrected chi connectivity index (χ3v) is 4.16. The van der Waals surface area contributed by atoms with Crippen molar-refractivity contribution in [1.29, 1.82) is 0 Å². The van der Waals surface area contributed by atoms with E-state index in [1.807, 2.05) is 7.05 Å². The maximum absolute atomic E-state index is 12.2. The van der Waals surface area contributed by atoms with Crippen LogP contribution in [0.25, 0.3) is 0 Å². The Hall–Kier alpha value is -1.06. The normalized spacial score (nSPS) is 18.6. The Morgan fingerprint density at radius 1 is 1.35 bits per heavy atom. The number of hydrogen-bond donors (Lipinski definition) is 1. The van der Waals surface area contributed by atoms with Crippen LogP contribution < -0.4 is 5.32 Å². The highest BCUT2D eigenvalue weighted by molar-refractivity contribution is 5.85. The van der Waals surface area contributed by atoms with Crippen LogP contribution in [0.15, 0.2) is 18.2 Å². The van der Waals surface area contributed by atoms with Crippen molar-refractivity contribution in [1.82, 2.24) is 10.2 Å². The fourth-order valence-electron chi connectivity index (χ4n) is 2.94. The van der Waals surface area contributed by atoms with Gasteiger partial charge in [-0.3, -0.25) is 4.79 Å². The Morgan fingerprint density at radius 3 is 2.80 bits per heavy atom.